The number of amides is 4. The minimum atomic E-state index is -0.999. The zero-order valence-electron chi connectivity index (χ0n) is 39.7. The number of carboxylic acid groups (broad SMARTS) is 1. The number of hydrogen-bond donors (Lipinski definition) is 5. The van der Waals surface area contributed by atoms with Crippen LogP contribution < -0.4 is 16.0 Å². The van der Waals surface area contributed by atoms with Gasteiger partial charge < -0.3 is 30.9 Å². The second kappa shape index (κ2) is 28.6. The Bertz CT molecular complexity index is 1730. The number of aliphatic carboxylic acids is 1. The number of carbonyl (C=O) groups excluding carboxylic acids is 4. The monoisotopic (exact) mass is 915 g/mol. The van der Waals surface area contributed by atoms with Gasteiger partial charge in [0.1, 0.15) is 22.5 Å². The summed E-state index contributed by atoms with van der Waals surface area (Å²) in [6.07, 6.45) is 9.72. The van der Waals surface area contributed by atoms with Crippen molar-refractivity contribution in [2.24, 2.45) is 17.8 Å². The van der Waals surface area contributed by atoms with Crippen molar-refractivity contribution < 1.29 is 43.8 Å². The number of ether oxygens (including phenoxy) is 1. The fourth-order valence-corrected chi connectivity index (χ4v) is 8.74. The molecule has 2 heterocycles. The number of hydroxylamine groups is 2. The summed E-state index contributed by atoms with van der Waals surface area (Å²) in [5.74, 6) is -3.15. The molecule has 5 N–H and O–H groups in total. The van der Waals surface area contributed by atoms with Gasteiger partial charge in [-0.3, -0.25) is 28.9 Å². The van der Waals surface area contributed by atoms with Gasteiger partial charge in [-0.05, 0) is 81.6 Å². The molecule has 4 amide bonds. The number of piperidine rings is 1. The molecule has 7 atom stereocenters. The van der Waals surface area contributed by atoms with Crippen LogP contribution in [0.15, 0.2) is 29.6 Å². The summed E-state index contributed by atoms with van der Waals surface area (Å²) < 4.78 is 6.15. The third-order valence-electron chi connectivity index (χ3n) is 12.2. The van der Waals surface area contributed by atoms with E-state index < -0.39 is 48.1 Å². The Morgan fingerprint density at radius 1 is 0.922 bits per heavy atom. The van der Waals surface area contributed by atoms with Crippen molar-refractivity contribution in [3.8, 4) is 5.75 Å². The average molecular weight is 915 g/mol. The van der Waals surface area contributed by atoms with Crippen LogP contribution in [-0.2, 0) is 30.4 Å². The molecule has 0 radical (unpaired) electrons. The lowest BCUT2D eigenvalue weighted by Crippen LogP contribution is -2.58. The first-order valence-electron chi connectivity index (χ1n) is 23.8. The number of unbranched alkanes of at least 4 members (excludes halogenated alkanes) is 6. The molecule has 1 fully saturated rings. The molecule has 1 aliphatic rings. The summed E-state index contributed by atoms with van der Waals surface area (Å²) >= 11 is 1.15. The normalized spacial score (nSPS) is 17.1. The van der Waals surface area contributed by atoms with E-state index in [1.165, 1.54) is 17.2 Å². The van der Waals surface area contributed by atoms with Crippen LogP contribution in [0, 0.1) is 17.8 Å². The lowest BCUT2D eigenvalue weighted by molar-refractivity contribution is -0.212. The molecule has 1 aliphatic heterocycles. The number of phenolic OH excluding ortho intramolecular Hbond substituents is 1. The molecule has 1 aromatic heterocycles. The zero-order chi connectivity index (χ0) is 47.2. The molecule has 0 spiro atoms. The van der Waals surface area contributed by atoms with Gasteiger partial charge in [-0.1, -0.05) is 112 Å². The van der Waals surface area contributed by atoms with Gasteiger partial charge in [-0.2, -0.15) is 0 Å². The number of benzene rings is 1. The van der Waals surface area contributed by atoms with E-state index in [4.69, 9.17) is 14.6 Å². The maximum atomic E-state index is 15.0. The molecule has 1 saturated heterocycles. The molecular weight excluding hydrogens is 837 g/mol. The summed E-state index contributed by atoms with van der Waals surface area (Å²) in [6.45, 7) is 15.2. The predicted molar refractivity (Wildman–Crippen MR) is 250 cm³/mol. The largest absolute Gasteiger partial charge is 0.508 e. The third kappa shape index (κ3) is 17.9. The molecule has 15 nitrogen and oxygen atoms in total. The van der Waals surface area contributed by atoms with Crippen LogP contribution in [0.25, 0.3) is 0 Å². The molecule has 3 rings (SSSR count). The van der Waals surface area contributed by atoms with E-state index >= 15 is 0 Å². The number of alkyl carbamates (subject to hydrolysis) is 1. The van der Waals surface area contributed by atoms with Crippen molar-refractivity contribution in [1.82, 2.24) is 30.9 Å². The van der Waals surface area contributed by atoms with Crippen molar-refractivity contribution in [1.29, 1.82) is 0 Å². The minimum Gasteiger partial charge on any atom is -0.508 e. The number of carbonyl (C=O) groups is 5. The first-order valence-corrected chi connectivity index (χ1v) is 24.7. The molecule has 1 aromatic carbocycles. The number of hydrogen-bond acceptors (Lipinski definition) is 11. The number of phenols is 1. The number of aromatic nitrogens is 1. The van der Waals surface area contributed by atoms with Crippen LogP contribution in [0.3, 0.4) is 0 Å². The topological polar surface area (TPSA) is 200 Å². The summed E-state index contributed by atoms with van der Waals surface area (Å²) in [5.41, 5.74) is 0.873. The van der Waals surface area contributed by atoms with Gasteiger partial charge >= 0.3 is 12.1 Å². The van der Waals surface area contributed by atoms with E-state index in [9.17, 15) is 34.2 Å². The van der Waals surface area contributed by atoms with Crippen LogP contribution in [0.5, 0.6) is 5.75 Å². The number of likely N-dealkylation sites (tertiary alicyclic amines) is 1. The van der Waals surface area contributed by atoms with Crippen molar-refractivity contribution in [3.05, 3.63) is 45.9 Å². The van der Waals surface area contributed by atoms with Gasteiger partial charge in [0.05, 0.1) is 24.6 Å². The Balaban J connectivity index is 2.00. The van der Waals surface area contributed by atoms with Crippen molar-refractivity contribution in [2.45, 2.75) is 175 Å². The molecule has 2 aromatic rings. The number of likely N-dealkylation sites (N-methyl/N-ethyl adjacent to an activating group) is 1. The van der Waals surface area contributed by atoms with Gasteiger partial charge in [0.15, 0.2) is 6.10 Å². The quantitative estimate of drug-likeness (QED) is 0.0388. The molecule has 360 valence electrons. The van der Waals surface area contributed by atoms with E-state index in [1.807, 2.05) is 39.6 Å². The van der Waals surface area contributed by atoms with Crippen molar-refractivity contribution in [3.63, 3.8) is 0 Å². The number of aromatic hydroxyl groups is 1. The van der Waals surface area contributed by atoms with Crippen molar-refractivity contribution in [2.75, 3.05) is 26.7 Å². The van der Waals surface area contributed by atoms with Gasteiger partial charge in [-0.15, -0.1) is 11.3 Å². The molecular formula is C48H78N6O9S. The van der Waals surface area contributed by atoms with Crippen LogP contribution in [0.4, 0.5) is 4.79 Å². The smallest absolute Gasteiger partial charge is 0.407 e. The average Bonchev–Trinajstić information content (AvgIpc) is 3.77. The highest BCUT2D eigenvalue weighted by atomic mass is 32.1. The van der Waals surface area contributed by atoms with Crippen LogP contribution in [-0.4, -0.2) is 106 Å². The molecule has 6 unspecified atom stereocenters. The number of thiazole rings is 1. The maximum absolute atomic E-state index is 15.0. The first kappa shape index (κ1) is 54.1. The van der Waals surface area contributed by atoms with E-state index in [-0.39, 0.29) is 60.6 Å². The number of nitrogens with zero attached hydrogens (tertiary/aromatic N) is 3. The highest BCUT2D eigenvalue weighted by Crippen LogP contribution is 2.32. The number of nitrogens with one attached hydrogen (secondary N) is 3. The fraction of sp³-hybridized carbons (Fsp3) is 0.708. The van der Waals surface area contributed by atoms with E-state index in [1.54, 1.807) is 24.4 Å². The molecule has 64 heavy (non-hydrogen) atoms. The first-order chi connectivity index (χ1) is 30.6. The lowest BCUT2D eigenvalue weighted by Gasteiger charge is -2.39. The van der Waals surface area contributed by atoms with Crippen molar-refractivity contribution >= 4 is 41.1 Å². The highest BCUT2D eigenvalue weighted by Gasteiger charge is 2.40. The van der Waals surface area contributed by atoms with E-state index in [0.717, 1.165) is 87.7 Å². The van der Waals surface area contributed by atoms with Gasteiger partial charge in [0.2, 0.25) is 5.91 Å². The molecule has 0 saturated carbocycles. The van der Waals surface area contributed by atoms with E-state index in [0.29, 0.717) is 30.8 Å². The van der Waals surface area contributed by atoms with Gasteiger partial charge in [-0.25, -0.2) is 14.8 Å². The van der Waals surface area contributed by atoms with E-state index in [2.05, 4.69) is 29.8 Å². The Labute approximate surface area is 385 Å². The Morgan fingerprint density at radius 2 is 1.61 bits per heavy atom. The molecule has 0 aliphatic carbocycles. The predicted octanol–water partition coefficient (Wildman–Crippen LogP) is 8.42. The second-order valence-electron chi connectivity index (χ2n) is 17.9. The fourth-order valence-electron chi connectivity index (χ4n) is 7.90. The Kier molecular flexibility index (Phi) is 24.1. The number of rotatable bonds is 29. The SMILES string of the molecule is CCCCCCNC(=O)OC(CC(C(C)C)N(OCCCCCC)C(=O)C(NC(=O)[C@H]1CCCCN1C)C(C)CC)c1nc(C(=O)NC(Cc2ccc(O)cc2)CC(C)C(=O)O)cs1. The van der Waals surface area contributed by atoms with Crippen LogP contribution in [0.1, 0.15) is 166 Å². The standard InChI is InChI=1S/C48H78N6O9S/c1-9-12-14-17-25-49-48(61)63-41(45-51-38(31-64-45)43(56)50-36(28-34(7)47(59)60)29-35-21-23-37(55)24-22-35)30-40(32(4)5)54(62-27-19-15-13-10-2)46(58)42(33(6)11-3)52-44(57)39-20-16-18-26-53(39)8/h21-24,31-34,36,39-42,55H,9-20,25-30H2,1-8H3,(H,49,61)(H,50,56)(H,52,57)(H,59,60)/t33?,34?,36?,39-,40?,41?,42?/m1/s1. The highest BCUT2D eigenvalue weighted by molar-refractivity contribution is 7.09. The Morgan fingerprint density at radius 3 is 2.23 bits per heavy atom. The number of carboxylic acids is 1. The summed E-state index contributed by atoms with van der Waals surface area (Å²) in [4.78, 5) is 81.2. The van der Waals surface area contributed by atoms with Gasteiger partial charge in [0, 0.05) is 24.4 Å². The third-order valence-corrected chi connectivity index (χ3v) is 13.2. The Hall–Kier alpha value is -4.28. The van der Waals surface area contributed by atoms with Crippen LogP contribution >= 0.6 is 11.3 Å². The summed E-state index contributed by atoms with van der Waals surface area (Å²) in [6, 6.07) is 4.10. The summed E-state index contributed by atoms with van der Waals surface area (Å²) in [5, 5.41) is 31.8. The maximum Gasteiger partial charge on any atom is 0.407 e. The molecule has 0 bridgehead atoms. The zero-order valence-corrected chi connectivity index (χ0v) is 40.6. The summed E-state index contributed by atoms with van der Waals surface area (Å²) in [7, 11) is 1.94. The van der Waals surface area contributed by atoms with Gasteiger partial charge in [0.25, 0.3) is 11.8 Å². The molecule has 16 heteroatoms. The minimum absolute atomic E-state index is 0.0701. The second-order valence-corrected chi connectivity index (χ2v) is 18.8. The lowest BCUT2D eigenvalue weighted by atomic mass is 9.93. The van der Waals surface area contributed by atoms with Crippen LogP contribution in [0.2, 0.25) is 0 Å².